The summed E-state index contributed by atoms with van der Waals surface area (Å²) >= 11 is 0. The minimum atomic E-state index is -7.34. The zero-order valence-electron chi connectivity index (χ0n) is 13.0. The van der Waals surface area contributed by atoms with Gasteiger partial charge in [0.2, 0.25) is 0 Å². The second-order valence-electron chi connectivity index (χ2n) is 4.52. The highest BCUT2D eigenvalue weighted by Gasteiger charge is 2.75. The Balaban J connectivity index is 6.19. The van der Waals surface area contributed by atoms with Gasteiger partial charge in [0.05, 0.1) is 0 Å². The molecule has 2 atom stereocenters. The van der Waals surface area contributed by atoms with Crippen LogP contribution in [0.3, 0.4) is 0 Å². The molecule has 0 saturated heterocycles. The number of hydrogen-bond acceptors (Lipinski definition) is 6. The van der Waals surface area contributed by atoms with Crippen molar-refractivity contribution in [2.24, 2.45) is 0 Å². The molecule has 0 fully saturated rings. The highest BCUT2D eigenvalue weighted by atomic mass is 19.4. The van der Waals surface area contributed by atoms with Gasteiger partial charge in [0.1, 0.15) is 0 Å². The first-order valence-corrected chi connectivity index (χ1v) is 6.06. The quantitative estimate of drug-likeness (QED) is 0.305. The molecule has 0 heterocycles. The minimum absolute atomic E-state index is 1.72. The molecule has 0 aliphatic heterocycles. The fourth-order valence-corrected chi connectivity index (χ4v) is 1.12. The second-order valence-corrected chi connectivity index (χ2v) is 4.52. The molecule has 22 heteroatoms. The summed E-state index contributed by atoms with van der Waals surface area (Å²) < 4.78 is 205. The van der Waals surface area contributed by atoms with Gasteiger partial charge in [-0.15, -0.1) is 35.1 Å². The van der Waals surface area contributed by atoms with E-state index < -0.39 is 55.0 Å². The molecular formula is C9F16O6. The molecule has 0 rings (SSSR count). The van der Waals surface area contributed by atoms with Crippen LogP contribution in [0, 0.1) is 0 Å². The Morgan fingerprint density at radius 2 is 0.677 bits per heavy atom. The van der Waals surface area contributed by atoms with Crippen LogP contribution in [0.2, 0.25) is 0 Å². The third-order valence-electron chi connectivity index (χ3n) is 2.19. The van der Waals surface area contributed by atoms with E-state index >= 15 is 0 Å². The Labute approximate surface area is 155 Å². The molecule has 0 saturated carbocycles. The van der Waals surface area contributed by atoms with E-state index in [2.05, 4.69) is 0 Å². The van der Waals surface area contributed by atoms with Crippen molar-refractivity contribution < 1.29 is 98.8 Å². The summed E-state index contributed by atoms with van der Waals surface area (Å²) in [6.45, 7) is 0. The summed E-state index contributed by atoms with van der Waals surface area (Å²) in [7, 11) is 0. The van der Waals surface area contributed by atoms with Crippen LogP contribution in [0.1, 0.15) is 0 Å². The fraction of sp³-hybridized carbons (Fsp3) is 0.778. The first-order chi connectivity index (χ1) is 13.2. The van der Waals surface area contributed by atoms with E-state index in [0.717, 1.165) is 0 Å². The van der Waals surface area contributed by atoms with Crippen LogP contribution in [0.15, 0.2) is 0 Å². The molecule has 0 aromatic carbocycles. The topological polar surface area (TPSA) is 71.1 Å². The van der Waals surface area contributed by atoms with Crippen LogP contribution in [-0.2, 0) is 28.5 Å². The lowest BCUT2D eigenvalue weighted by Gasteiger charge is -2.32. The maximum Gasteiger partial charge on any atom is 0.575 e. The van der Waals surface area contributed by atoms with E-state index in [9.17, 15) is 79.8 Å². The lowest BCUT2D eigenvalue weighted by atomic mass is 10.3. The summed E-state index contributed by atoms with van der Waals surface area (Å²) in [5, 5.41) is 0. The summed E-state index contributed by atoms with van der Waals surface area (Å²) in [5.74, 6) is -23.1. The Morgan fingerprint density at radius 1 is 0.452 bits per heavy atom. The number of halogens is 16. The highest BCUT2D eigenvalue weighted by molar-refractivity contribution is 5.79. The van der Waals surface area contributed by atoms with E-state index in [-0.39, 0.29) is 0 Å². The minimum Gasteiger partial charge on any atom is -0.368 e. The molecule has 0 N–H and O–H groups in total. The van der Waals surface area contributed by atoms with Crippen LogP contribution >= 0.6 is 0 Å². The zero-order valence-corrected chi connectivity index (χ0v) is 13.0. The summed E-state index contributed by atoms with van der Waals surface area (Å²) in [6, 6.07) is 0. The van der Waals surface area contributed by atoms with Crippen molar-refractivity contribution in [3.63, 3.8) is 0 Å². The maximum atomic E-state index is 13.5. The molecule has 0 aromatic rings. The van der Waals surface area contributed by atoms with Gasteiger partial charge in [0, 0.05) is 0 Å². The molecule has 0 aliphatic rings. The van der Waals surface area contributed by atoms with Gasteiger partial charge in [0.15, 0.2) is 0 Å². The van der Waals surface area contributed by atoms with Crippen molar-refractivity contribution in [2.75, 3.05) is 0 Å². The van der Waals surface area contributed by atoms with Crippen molar-refractivity contribution in [3.05, 3.63) is 0 Å². The van der Waals surface area contributed by atoms with Crippen molar-refractivity contribution in [1.29, 1.82) is 0 Å². The van der Waals surface area contributed by atoms with Gasteiger partial charge in [-0.25, -0.2) is 19.1 Å². The standard InChI is InChI=1S/C9F16O6/c10-3(5(12,13)14,1(26)28-7(18,19)20)30-9(24,25)31-4(11,6(15,16)17)2(27)29-8(21,22)23. The van der Waals surface area contributed by atoms with Crippen molar-refractivity contribution in [3.8, 4) is 0 Å². The van der Waals surface area contributed by atoms with Crippen molar-refractivity contribution in [1.82, 2.24) is 0 Å². The summed E-state index contributed by atoms with van der Waals surface area (Å²) in [4.78, 5) is 21.2. The number of hydrogen-bond donors (Lipinski definition) is 0. The molecule has 2 unspecified atom stereocenters. The molecule has 184 valence electrons. The monoisotopic (exact) mass is 508 g/mol. The Kier molecular flexibility index (Phi) is 7.43. The van der Waals surface area contributed by atoms with Crippen LogP contribution < -0.4 is 0 Å². The smallest absolute Gasteiger partial charge is 0.368 e. The molecule has 31 heavy (non-hydrogen) atoms. The van der Waals surface area contributed by atoms with Crippen LogP contribution in [0.25, 0.3) is 0 Å². The number of alkyl halides is 16. The van der Waals surface area contributed by atoms with Gasteiger partial charge in [0.25, 0.3) is 0 Å². The highest BCUT2D eigenvalue weighted by Crippen LogP contribution is 2.46. The number of esters is 2. The Bertz CT molecular complexity index is 619. The SMILES string of the molecule is O=C(OC(F)(F)F)C(F)(OC(F)(F)OC(F)(C(=O)OC(F)(F)F)C(F)(F)F)C(F)(F)F. The van der Waals surface area contributed by atoms with Crippen molar-refractivity contribution >= 4 is 11.9 Å². The van der Waals surface area contributed by atoms with E-state index in [1.807, 2.05) is 0 Å². The molecule has 0 aromatic heterocycles. The van der Waals surface area contributed by atoms with E-state index in [0.29, 0.717) is 0 Å². The average Bonchev–Trinajstić information content (AvgIpc) is 2.39. The van der Waals surface area contributed by atoms with Gasteiger partial charge >= 0.3 is 55.0 Å². The van der Waals surface area contributed by atoms with Crippen molar-refractivity contribution in [2.45, 2.75) is 43.1 Å². The maximum absolute atomic E-state index is 13.5. The zero-order chi connectivity index (χ0) is 25.5. The Morgan fingerprint density at radius 3 is 0.839 bits per heavy atom. The van der Waals surface area contributed by atoms with E-state index in [4.69, 9.17) is 0 Å². The molecule has 0 bridgehead atoms. The second kappa shape index (κ2) is 8.02. The lowest BCUT2D eigenvalue weighted by molar-refractivity contribution is -0.517. The predicted molar refractivity (Wildman–Crippen MR) is 51.2 cm³/mol. The molecule has 0 aliphatic carbocycles. The van der Waals surface area contributed by atoms with Crippen LogP contribution in [-0.4, -0.2) is 55.0 Å². The van der Waals surface area contributed by atoms with E-state index in [1.54, 1.807) is 18.9 Å². The van der Waals surface area contributed by atoms with Gasteiger partial charge in [-0.05, 0) is 0 Å². The first-order valence-electron chi connectivity index (χ1n) is 6.06. The first kappa shape index (κ1) is 28.7. The number of ether oxygens (including phenoxy) is 4. The summed E-state index contributed by atoms with van der Waals surface area (Å²) in [5.41, 5.74) is 0. The molecule has 6 nitrogen and oxygen atoms in total. The number of carbonyl (C=O) groups excluding carboxylic acids is 2. The van der Waals surface area contributed by atoms with Gasteiger partial charge < -0.3 is 9.47 Å². The molecular weight excluding hydrogens is 508 g/mol. The summed E-state index contributed by atoms with van der Waals surface area (Å²) in [6.07, 6.45) is -35.0. The van der Waals surface area contributed by atoms with Gasteiger partial charge in [-0.1, -0.05) is 0 Å². The third-order valence-corrected chi connectivity index (χ3v) is 2.19. The van der Waals surface area contributed by atoms with Crippen LogP contribution in [0.5, 0.6) is 0 Å². The molecule has 0 amide bonds. The van der Waals surface area contributed by atoms with Gasteiger partial charge in [-0.2, -0.15) is 35.1 Å². The average molecular weight is 508 g/mol. The number of rotatable bonds is 6. The number of carbonyl (C=O) groups is 2. The lowest BCUT2D eigenvalue weighted by Crippen LogP contribution is -2.60. The molecule has 0 radical (unpaired) electrons. The van der Waals surface area contributed by atoms with Crippen LogP contribution in [0.4, 0.5) is 70.2 Å². The Hall–Kier alpha value is -2.26. The fourth-order valence-electron chi connectivity index (χ4n) is 1.12. The largest absolute Gasteiger partial charge is 0.575 e. The third kappa shape index (κ3) is 7.43. The van der Waals surface area contributed by atoms with E-state index in [1.165, 1.54) is 0 Å². The normalized spacial score (nSPS) is 18.1. The molecule has 0 spiro atoms. The predicted octanol–water partition coefficient (Wildman–Crippen LogP) is 4.15. The van der Waals surface area contributed by atoms with Gasteiger partial charge in [-0.3, -0.25) is 0 Å².